The third-order valence-corrected chi connectivity index (χ3v) is 4.44. The van der Waals surface area contributed by atoms with Gasteiger partial charge in [0.05, 0.1) is 18.5 Å². The highest BCUT2D eigenvalue weighted by Crippen LogP contribution is 2.30. The quantitative estimate of drug-likeness (QED) is 0.778. The summed E-state index contributed by atoms with van der Waals surface area (Å²) in [6.45, 7) is 4.01. The normalized spacial score (nSPS) is 12.4. The van der Waals surface area contributed by atoms with Crippen molar-refractivity contribution in [1.29, 1.82) is 0 Å². The topological polar surface area (TPSA) is 47.0 Å². The van der Waals surface area contributed by atoms with Gasteiger partial charge >= 0.3 is 0 Å². The van der Waals surface area contributed by atoms with Gasteiger partial charge in [-0.05, 0) is 37.6 Å². The van der Waals surface area contributed by atoms with Gasteiger partial charge in [-0.2, -0.15) is 0 Å². The molecule has 0 radical (unpaired) electrons. The first-order valence-electron chi connectivity index (χ1n) is 6.89. The molecule has 3 rings (SSSR count). The summed E-state index contributed by atoms with van der Waals surface area (Å²) in [6.07, 6.45) is 1.54. The minimum Gasteiger partial charge on any atom is -0.494 e. The molecule has 0 aliphatic heterocycles. The molecule has 3 aromatic rings. The van der Waals surface area contributed by atoms with E-state index >= 15 is 0 Å². The molecule has 114 valence electrons. The molecule has 0 saturated carbocycles. The largest absolute Gasteiger partial charge is 0.494 e. The first-order valence-corrected chi connectivity index (χ1v) is 7.71. The van der Waals surface area contributed by atoms with E-state index in [9.17, 15) is 4.39 Å². The number of nitrogens with zero attached hydrogens (tertiary/aromatic N) is 2. The Morgan fingerprint density at radius 2 is 2.09 bits per heavy atom. The summed E-state index contributed by atoms with van der Waals surface area (Å²) >= 11 is 1.63. The zero-order valence-corrected chi connectivity index (χ0v) is 13.4. The van der Waals surface area contributed by atoms with Crippen molar-refractivity contribution in [2.75, 3.05) is 12.4 Å². The number of aryl methyl sites for hydroxylation is 1. The number of halogens is 1. The fourth-order valence-corrected chi connectivity index (χ4v) is 3.18. The number of aromatic nitrogens is 2. The summed E-state index contributed by atoms with van der Waals surface area (Å²) in [5.41, 5.74) is 0.831. The molecule has 4 nitrogen and oxygen atoms in total. The first kappa shape index (κ1) is 14.7. The second-order valence-electron chi connectivity index (χ2n) is 5.06. The summed E-state index contributed by atoms with van der Waals surface area (Å²) in [6, 6.07) is 6.93. The summed E-state index contributed by atoms with van der Waals surface area (Å²) in [5, 5.41) is 4.32. The van der Waals surface area contributed by atoms with Gasteiger partial charge in [-0.1, -0.05) is 6.07 Å². The van der Waals surface area contributed by atoms with Gasteiger partial charge in [-0.15, -0.1) is 11.3 Å². The Labute approximate surface area is 132 Å². The lowest BCUT2D eigenvalue weighted by atomic mass is 10.1. The summed E-state index contributed by atoms with van der Waals surface area (Å²) in [7, 11) is 1.45. The van der Waals surface area contributed by atoms with Crippen LogP contribution in [0.3, 0.4) is 0 Å². The zero-order valence-electron chi connectivity index (χ0n) is 12.6. The van der Waals surface area contributed by atoms with Gasteiger partial charge in [0.1, 0.15) is 17.0 Å². The maximum absolute atomic E-state index is 13.8. The number of nitrogens with one attached hydrogen (secondary N) is 1. The molecule has 0 bridgehead atoms. The van der Waals surface area contributed by atoms with Gasteiger partial charge in [-0.25, -0.2) is 14.4 Å². The number of thiophene rings is 1. The molecule has 0 spiro atoms. The van der Waals surface area contributed by atoms with Crippen LogP contribution in [0.5, 0.6) is 5.75 Å². The number of ether oxygens (including phenoxy) is 1. The minimum absolute atomic E-state index is 0.0845. The summed E-state index contributed by atoms with van der Waals surface area (Å²) in [5.74, 6) is 0.639. The molecule has 2 heterocycles. The zero-order chi connectivity index (χ0) is 15.7. The Morgan fingerprint density at radius 3 is 2.82 bits per heavy atom. The third kappa shape index (κ3) is 2.74. The Hall–Kier alpha value is -2.21. The number of methoxy groups -OCH3 is 1. The number of fused-ring (bicyclic) bond motifs is 1. The molecule has 6 heteroatoms. The number of rotatable bonds is 4. The first-order chi connectivity index (χ1) is 10.6. The molecule has 1 atom stereocenters. The molecule has 1 N–H and O–H groups in total. The van der Waals surface area contributed by atoms with Crippen LogP contribution in [-0.2, 0) is 0 Å². The molecule has 1 aromatic carbocycles. The van der Waals surface area contributed by atoms with Crippen LogP contribution < -0.4 is 10.1 Å². The Morgan fingerprint density at radius 1 is 1.27 bits per heavy atom. The van der Waals surface area contributed by atoms with Crippen molar-refractivity contribution >= 4 is 27.4 Å². The van der Waals surface area contributed by atoms with Crippen molar-refractivity contribution in [1.82, 2.24) is 9.97 Å². The Bertz CT molecular complexity index is 818. The molecule has 0 amide bonds. The van der Waals surface area contributed by atoms with Gasteiger partial charge in [0.15, 0.2) is 11.6 Å². The molecule has 1 unspecified atom stereocenters. The van der Waals surface area contributed by atoms with Crippen molar-refractivity contribution in [2.24, 2.45) is 0 Å². The Kier molecular flexibility index (Phi) is 3.94. The molecular formula is C16H16FN3OS. The lowest BCUT2D eigenvalue weighted by molar-refractivity contribution is 0.386. The van der Waals surface area contributed by atoms with Gasteiger partial charge < -0.3 is 10.1 Å². The van der Waals surface area contributed by atoms with Crippen molar-refractivity contribution in [2.45, 2.75) is 19.9 Å². The maximum atomic E-state index is 13.8. The van der Waals surface area contributed by atoms with Crippen LogP contribution in [-0.4, -0.2) is 17.1 Å². The van der Waals surface area contributed by atoms with Crippen LogP contribution in [0.1, 0.15) is 23.4 Å². The fraction of sp³-hybridized carbons (Fsp3) is 0.250. The molecule has 0 fully saturated rings. The van der Waals surface area contributed by atoms with Gasteiger partial charge in [-0.3, -0.25) is 0 Å². The predicted octanol–water partition coefficient (Wildman–Crippen LogP) is 4.32. The maximum Gasteiger partial charge on any atom is 0.165 e. The molecule has 2 aromatic heterocycles. The van der Waals surface area contributed by atoms with E-state index in [-0.39, 0.29) is 17.6 Å². The van der Waals surface area contributed by atoms with E-state index in [0.29, 0.717) is 0 Å². The van der Waals surface area contributed by atoms with Crippen LogP contribution in [0.4, 0.5) is 10.2 Å². The van der Waals surface area contributed by atoms with Crippen molar-refractivity contribution in [3.05, 3.63) is 46.9 Å². The summed E-state index contributed by atoms with van der Waals surface area (Å²) in [4.78, 5) is 10.7. The van der Waals surface area contributed by atoms with Crippen molar-refractivity contribution in [3.63, 3.8) is 0 Å². The predicted molar refractivity (Wildman–Crippen MR) is 87.1 cm³/mol. The van der Waals surface area contributed by atoms with Gasteiger partial charge in [0, 0.05) is 4.88 Å². The number of hydrogen-bond acceptors (Lipinski definition) is 5. The molecule has 0 aliphatic carbocycles. The highest BCUT2D eigenvalue weighted by molar-refractivity contribution is 7.18. The van der Waals surface area contributed by atoms with Crippen LogP contribution >= 0.6 is 11.3 Å². The van der Waals surface area contributed by atoms with E-state index < -0.39 is 0 Å². The smallest absolute Gasteiger partial charge is 0.165 e. The average Bonchev–Trinajstić information content (AvgIpc) is 2.88. The van der Waals surface area contributed by atoms with Crippen LogP contribution in [0, 0.1) is 12.7 Å². The minimum atomic E-state index is -0.368. The molecule has 0 saturated heterocycles. The average molecular weight is 317 g/mol. The SMILES string of the molecule is COc1ccc(C(C)Nc2ncnc3sc(C)cc23)cc1F. The monoisotopic (exact) mass is 317 g/mol. The van der Waals surface area contributed by atoms with E-state index in [1.807, 2.05) is 19.9 Å². The molecular weight excluding hydrogens is 301 g/mol. The van der Waals surface area contributed by atoms with E-state index in [1.54, 1.807) is 23.7 Å². The lowest BCUT2D eigenvalue weighted by Crippen LogP contribution is -2.08. The van der Waals surface area contributed by atoms with E-state index in [2.05, 4.69) is 21.4 Å². The van der Waals surface area contributed by atoms with Gasteiger partial charge in [0.25, 0.3) is 0 Å². The third-order valence-electron chi connectivity index (χ3n) is 3.48. The highest BCUT2D eigenvalue weighted by Gasteiger charge is 2.13. The lowest BCUT2D eigenvalue weighted by Gasteiger charge is -2.16. The number of anilines is 1. The highest BCUT2D eigenvalue weighted by atomic mass is 32.1. The van der Waals surface area contributed by atoms with Crippen LogP contribution in [0.25, 0.3) is 10.2 Å². The van der Waals surface area contributed by atoms with E-state index in [1.165, 1.54) is 18.1 Å². The van der Waals surface area contributed by atoms with Crippen LogP contribution in [0.15, 0.2) is 30.6 Å². The summed E-state index contributed by atoms with van der Waals surface area (Å²) < 4.78 is 18.8. The standard InChI is InChI=1S/C16H16FN3OS/c1-9-6-12-15(18-8-19-16(12)22-9)20-10(2)11-4-5-14(21-3)13(17)7-11/h4-8,10H,1-3H3,(H,18,19,20). The fourth-order valence-electron chi connectivity index (χ4n) is 2.33. The second-order valence-corrected chi connectivity index (χ2v) is 6.29. The Balaban J connectivity index is 1.89. The van der Waals surface area contributed by atoms with E-state index in [4.69, 9.17) is 4.74 Å². The van der Waals surface area contributed by atoms with Gasteiger partial charge in [0.2, 0.25) is 0 Å². The molecule has 22 heavy (non-hydrogen) atoms. The number of hydrogen-bond donors (Lipinski definition) is 1. The number of benzene rings is 1. The van der Waals surface area contributed by atoms with Crippen LogP contribution in [0.2, 0.25) is 0 Å². The molecule has 0 aliphatic rings. The van der Waals surface area contributed by atoms with Crippen molar-refractivity contribution in [3.8, 4) is 5.75 Å². The second kappa shape index (κ2) is 5.88. The van der Waals surface area contributed by atoms with Crippen molar-refractivity contribution < 1.29 is 9.13 Å². The van der Waals surface area contributed by atoms with E-state index in [0.717, 1.165) is 21.6 Å².